The van der Waals surface area contributed by atoms with Crippen LogP contribution in [0, 0.1) is 5.41 Å². The van der Waals surface area contributed by atoms with Crippen molar-refractivity contribution in [2.24, 2.45) is 0 Å². The highest BCUT2D eigenvalue weighted by atomic mass is 32.2. The first kappa shape index (κ1) is 25.7. The molecule has 0 unspecified atom stereocenters. The van der Waals surface area contributed by atoms with E-state index in [2.05, 4.69) is 5.32 Å². The Morgan fingerprint density at radius 2 is 1.82 bits per heavy atom. The van der Waals surface area contributed by atoms with Gasteiger partial charge >= 0.3 is 5.97 Å². The number of carbonyl (C=O) groups is 2. The minimum absolute atomic E-state index is 0.0217. The number of fused-ring (bicyclic) bond motifs is 2. The van der Waals surface area contributed by atoms with Crippen LogP contribution >= 0.6 is 11.8 Å². The third-order valence-electron chi connectivity index (χ3n) is 6.38. The molecule has 0 aromatic heterocycles. The molecule has 2 aliphatic rings. The fourth-order valence-electron chi connectivity index (χ4n) is 4.39. The van der Waals surface area contributed by atoms with E-state index in [1.807, 2.05) is 30.3 Å². The molecule has 1 amide bonds. The normalized spacial score (nSPS) is 19.6. The minimum atomic E-state index is -2.28. The summed E-state index contributed by atoms with van der Waals surface area (Å²) < 4.78 is 39.7. The number of amides is 1. The summed E-state index contributed by atoms with van der Waals surface area (Å²) in [4.78, 5) is 28.6. The van der Waals surface area contributed by atoms with Gasteiger partial charge in [0.25, 0.3) is 5.91 Å². The van der Waals surface area contributed by atoms with Crippen LogP contribution in [0.1, 0.15) is 22.3 Å². The summed E-state index contributed by atoms with van der Waals surface area (Å²) in [5.74, 6) is -0.188. The molecule has 10 heteroatoms. The van der Waals surface area contributed by atoms with Crippen molar-refractivity contribution >= 4 is 29.5 Å². The van der Waals surface area contributed by atoms with Gasteiger partial charge < -0.3 is 19.7 Å². The molecular formula is C28H25F2N3O4S. The molecule has 2 aliphatic heterocycles. The van der Waals surface area contributed by atoms with Crippen molar-refractivity contribution in [2.45, 2.75) is 34.5 Å². The second-order valence-electron chi connectivity index (χ2n) is 9.17. The topological polar surface area (TPSA) is 91.7 Å². The van der Waals surface area contributed by atoms with Gasteiger partial charge in [-0.1, -0.05) is 54.2 Å². The van der Waals surface area contributed by atoms with Crippen molar-refractivity contribution in [3.8, 4) is 11.5 Å². The van der Waals surface area contributed by atoms with Crippen molar-refractivity contribution in [3.63, 3.8) is 0 Å². The summed E-state index contributed by atoms with van der Waals surface area (Å²) in [5.41, 5.74) is -1.21. The molecule has 5 rings (SSSR count). The van der Waals surface area contributed by atoms with E-state index in [1.54, 1.807) is 42.5 Å². The van der Waals surface area contributed by atoms with Gasteiger partial charge in [0.2, 0.25) is 0 Å². The number of alkyl halides is 2. The molecule has 3 aromatic carbocycles. The summed E-state index contributed by atoms with van der Waals surface area (Å²) in [5, 5.41) is 11.1. The number of halogens is 2. The molecule has 7 nitrogen and oxygen atoms in total. The molecule has 0 bridgehead atoms. The van der Waals surface area contributed by atoms with Crippen LogP contribution in [-0.4, -0.2) is 54.1 Å². The lowest BCUT2D eigenvalue weighted by Gasteiger charge is -2.26. The Kier molecular flexibility index (Phi) is 7.33. The van der Waals surface area contributed by atoms with Gasteiger partial charge in [-0.25, -0.2) is 13.6 Å². The average molecular weight is 538 g/mol. The van der Waals surface area contributed by atoms with Crippen molar-refractivity contribution in [1.82, 2.24) is 10.2 Å². The van der Waals surface area contributed by atoms with Gasteiger partial charge in [-0.2, -0.15) is 0 Å². The molecule has 0 spiro atoms. The van der Waals surface area contributed by atoms with E-state index in [-0.39, 0.29) is 19.0 Å². The number of amidine groups is 1. The number of rotatable bonds is 7. The molecule has 196 valence electrons. The van der Waals surface area contributed by atoms with Gasteiger partial charge in [-0.15, -0.1) is 0 Å². The van der Waals surface area contributed by atoms with E-state index in [1.165, 1.54) is 11.8 Å². The Hall–Kier alpha value is -3.92. The Bertz CT molecular complexity index is 1370. The Morgan fingerprint density at radius 3 is 2.61 bits per heavy atom. The highest BCUT2D eigenvalue weighted by molar-refractivity contribution is 7.99. The highest BCUT2D eigenvalue weighted by Gasteiger charge is 2.49. The number of ether oxygens (including phenoxy) is 2. The van der Waals surface area contributed by atoms with Gasteiger partial charge in [-0.3, -0.25) is 10.2 Å². The van der Waals surface area contributed by atoms with Gasteiger partial charge in [-0.05, 0) is 35.9 Å². The third kappa shape index (κ3) is 5.50. The minimum Gasteiger partial charge on any atom is -0.459 e. The van der Waals surface area contributed by atoms with Gasteiger partial charge in [0, 0.05) is 12.0 Å². The fraction of sp³-hybridized carbons (Fsp3) is 0.250. The largest absolute Gasteiger partial charge is 0.459 e. The van der Waals surface area contributed by atoms with Gasteiger partial charge in [0.05, 0.1) is 22.9 Å². The molecule has 1 saturated heterocycles. The van der Waals surface area contributed by atoms with Crippen LogP contribution in [0.3, 0.4) is 0 Å². The maximum atomic E-state index is 14.9. The van der Waals surface area contributed by atoms with Crippen LogP contribution in [-0.2, 0) is 16.1 Å². The second kappa shape index (κ2) is 10.8. The highest BCUT2D eigenvalue weighted by Crippen LogP contribution is 2.46. The van der Waals surface area contributed by atoms with Crippen molar-refractivity contribution in [2.75, 3.05) is 19.8 Å². The third-order valence-corrected chi connectivity index (χ3v) is 7.50. The Labute approximate surface area is 222 Å². The van der Waals surface area contributed by atoms with Crippen molar-refractivity contribution in [1.29, 1.82) is 5.41 Å². The zero-order valence-electron chi connectivity index (χ0n) is 20.3. The number of hydrogen-bond acceptors (Lipinski definition) is 6. The van der Waals surface area contributed by atoms with Gasteiger partial charge in [0.15, 0.2) is 5.67 Å². The standard InChI is InChI=1S/C28H25F2N3O4S/c29-16-28(30)13-20(27(35)36-15-18-6-2-1-3-7-18)33(17-28)25(31)14-32-26(34)19-10-11-24-22(12-19)37-21-8-4-5-9-23(21)38-24/h1-12,20,31H,13-17H2,(H,32,34)/t20-,28-/m0/s1. The second-order valence-corrected chi connectivity index (χ2v) is 10.3. The van der Waals surface area contributed by atoms with Crippen LogP contribution in [0.25, 0.3) is 0 Å². The summed E-state index contributed by atoms with van der Waals surface area (Å²) in [6.07, 6.45) is -0.436. The molecule has 38 heavy (non-hydrogen) atoms. The molecule has 2 heterocycles. The predicted octanol–water partition coefficient (Wildman–Crippen LogP) is 5.15. The fourth-order valence-corrected chi connectivity index (χ4v) is 5.32. The Morgan fingerprint density at radius 1 is 1.08 bits per heavy atom. The van der Waals surface area contributed by atoms with Crippen LogP contribution in [0.15, 0.2) is 82.6 Å². The molecule has 3 aromatic rings. The molecule has 0 saturated carbocycles. The molecular weight excluding hydrogens is 512 g/mol. The van der Waals surface area contributed by atoms with E-state index in [4.69, 9.17) is 14.9 Å². The number of esters is 1. The first-order valence-electron chi connectivity index (χ1n) is 12.0. The zero-order valence-corrected chi connectivity index (χ0v) is 21.1. The number of likely N-dealkylation sites (tertiary alicyclic amines) is 1. The molecule has 2 atom stereocenters. The van der Waals surface area contributed by atoms with Crippen molar-refractivity contribution in [3.05, 3.63) is 83.9 Å². The van der Waals surface area contributed by atoms with Crippen LogP contribution < -0.4 is 10.1 Å². The first-order valence-corrected chi connectivity index (χ1v) is 12.8. The molecule has 2 N–H and O–H groups in total. The smallest absolute Gasteiger partial charge is 0.329 e. The van der Waals surface area contributed by atoms with Crippen molar-refractivity contribution < 1.29 is 27.8 Å². The Balaban J connectivity index is 1.22. The van der Waals surface area contributed by atoms with E-state index in [0.29, 0.717) is 17.1 Å². The number of nitrogens with zero attached hydrogens (tertiary/aromatic N) is 1. The van der Waals surface area contributed by atoms with E-state index >= 15 is 0 Å². The maximum Gasteiger partial charge on any atom is 0.329 e. The summed E-state index contributed by atoms with van der Waals surface area (Å²) in [7, 11) is 0. The summed E-state index contributed by atoms with van der Waals surface area (Å²) >= 11 is 1.54. The average Bonchev–Trinajstić information content (AvgIpc) is 3.32. The number of nitrogens with one attached hydrogen (secondary N) is 2. The summed E-state index contributed by atoms with van der Waals surface area (Å²) in [6, 6.07) is 20.5. The van der Waals surface area contributed by atoms with Crippen LogP contribution in [0.5, 0.6) is 11.5 Å². The van der Waals surface area contributed by atoms with E-state index < -0.39 is 43.2 Å². The lowest BCUT2D eigenvalue weighted by atomic mass is 10.0. The first-order chi connectivity index (χ1) is 18.3. The quantitative estimate of drug-likeness (QED) is 0.193. The molecule has 0 aliphatic carbocycles. The van der Waals surface area contributed by atoms with E-state index in [9.17, 15) is 18.4 Å². The summed E-state index contributed by atoms with van der Waals surface area (Å²) in [6.45, 7) is -2.07. The number of hydrogen-bond donors (Lipinski definition) is 2. The van der Waals surface area contributed by atoms with Crippen LogP contribution in [0.4, 0.5) is 8.78 Å². The zero-order chi connectivity index (χ0) is 26.7. The lowest BCUT2D eigenvalue weighted by molar-refractivity contribution is -0.149. The number of carbonyl (C=O) groups excluding carboxylic acids is 2. The molecule has 0 radical (unpaired) electrons. The SMILES string of the molecule is N=C(CNC(=O)c1ccc2c(c1)Oc1ccccc1S2)N1C[C@@](F)(CF)C[C@H]1C(=O)OCc1ccccc1. The molecule has 1 fully saturated rings. The predicted molar refractivity (Wildman–Crippen MR) is 138 cm³/mol. The number of benzene rings is 3. The number of para-hydroxylation sites is 1. The van der Waals surface area contributed by atoms with Gasteiger partial charge in [0.1, 0.15) is 36.7 Å². The van der Waals surface area contributed by atoms with E-state index in [0.717, 1.165) is 20.3 Å². The monoisotopic (exact) mass is 537 g/mol. The maximum absolute atomic E-state index is 14.9. The van der Waals surface area contributed by atoms with Crippen LogP contribution in [0.2, 0.25) is 0 Å². The lowest BCUT2D eigenvalue weighted by Crippen LogP contribution is -2.46.